The minimum atomic E-state index is -0.513. The van der Waals surface area contributed by atoms with Crippen LogP contribution in [0.3, 0.4) is 0 Å². The van der Waals surface area contributed by atoms with Crippen molar-refractivity contribution >= 4 is 46.3 Å². The summed E-state index contributed by atoms with van der Waals surface area (Å²) >= 11 is 12.3. The van der Waals surface area contributed by atoms with Crippen molar-refractivity contribution in [3.63, 3.8) is 0 Å². The van der Waals surface area contributed by atoms with Gasteiger partial charge in [-0.2, -0.15) is 4.57 Å². The molecule has 1 saturated heterocycles. The fraction of sp³-hybridized carbons (Fsp3) is 0.308. The maximum atomic E-state index is 13.9. The van der Waals surface area contributed by atoms with Gasteiger partial charge in [0.2, 0.25) is 0 Å². The van der Waals surface area contributed by atoms with Crippen LogP contribution < -0.4 is 10.1 Å². The summed E-state index contributed by atoms with van der Waals surface area (Å²) in [5, 5.41) is 3.78. The normalized spacial score (nSPS) is 18.2. The standard InChI is InChI=1S/C26H24Cl2N4O4/c1-15(2)22-20(25(34)32(29-22)16-8-9-18(27)19(28)13-16)21-23(30-10-4-3-5-11-30)26(35)31(24(21)33)14-17-7-6-12-36-17/h3-5,8-11,13,15,17H,6-7,12,14H2,1-2H3/p+1. The summed E-state index contributed by atoms with van der Waals surface area (Å²) in [7, 11) is 0. The zero-order valence-electron chi connectivity index (χ0n) is 19.8. The van der Waals surface area contributed by atoms with E-state index in [1.165, 1.54) is 9.58 Å². The number of imide groups is 1. The lowest BCUT2D eigenvalue weighted by molar-refractivity contribution is -0.576. The molecule has 0 bridgehead atoms. The lowest BCUT2D eigenvalue weighted by Crippen LogP contribution is -2.42. The van der Waals surface area contributed by atoms with Gasteiger partial charge in [0.25, 0.3) is 17.2 Å². The Morgan fingerprint density at radius 1 is 1.08 bits per heavy atom. The number of amides is 2. The van der Waals surface area contributed by atoms with E-state index in [1.807, 2.05) is 19.9 Å². The van der Waals surface area contributed by atoms with Crippen LogP contribution in [-0.2, 0) is 14.3 Å². The lowest BCUT2D eigenvalue weighted by Gasteiger charge is -2.18. The van der Waals surface area contributed by atoms with E-state index >= 15 is 0 Å². The number of pyridine rings is 1. The number of rotatable bonds is 6. The number of hydrogen-bond acceptors (Lipinski definition) is 4. The second-order valence-electron chi connectivity index (χ2n) is 9.16. The van der Waals surface area contributed by atoms with Crippen molar-refractivity contribution in [2.24, 2.45) is 0 Å². The Morgan fingerprint density at radius 2 is 1.83 bits per heavy atom. The van der Waals surface area contributed by atoms with Crippen molar-refractivity contribution in [1.29, 1.82) is 0 Å². The molecule has 5 rings (SSSR count). The van der Waals surface area contributed by atoms with E-state index in [1.54, 1.807) is 47.3 Å². The van der Waals surface area contributed by atoms with Crippen LogP contribution in [0.2, 0.25) is 10.0 Å². The van der Waals surface area contributed by atoms with Gasteiger partial charge in [-0.1, -0.05) is 43.1 Å². The Balaban J connectivity index is 1.72. The smallest absolute Gasteiger partial charge is 0.327 e. The van der Waals surface area contributed by atoms with Crippen LogP contribution in [0.15, 0.2) is 53.6 Å². The van der Waals surface area contributed by atoms with Crippen LogP contribution in [0, 0.1) is 0 Å². The summed E-state index contributed by atoms with van der Waals surface area (Å²) in [4.78, 5) is 42.6. The third-order valence-corrected chi connectivity index (χ3v) is 7.17. The van der Waals surface area contributed by atoms with E-state index < -0.39 is 17.4 Å². The van der Waals surface area contributed by atoms with E-state index in [4.69, 9.17) is 27.9 Å². The maximum absolute atomic E-state index is 13.9. The van der Waals surface area contributed by atoms with Gasteiger partial charge >= 0.3 is 5.91 Å². The van der Waals surface area contributed by atoms with Gasteiger partial charge in [0.15, 0.2) is 12.4 Å². The quantitative estimate of drug-likeness (QED) is 0.390. The SMILES string of the molecule is CC(C)c1[nH]n(-c2ccc(Cl)c(Cl)c2)c(=O)c1C1=C([n+]2ccccc2)C(=O)N(CC2CCCO2)C1=O. The molecule has 1 N–H and O–H groups in total. The predicted molar refractivity (Wildman–Crippen MR) is 136 cm³/mol. The summed E-state index contributed by atoms with van der Waals surface area (Å²) in [6.45, 7) is 4.57. The molecule has 2 aliphatic heterocycles. The number of carbonyl (C=O) groups excluding carboxylic acids is 2. The number of hydrogen-bond donors (Lipinski definition) is 1. The summed E-state index contributed by atoms with van der Waals surface area (Å²) < 4.78 is 8.61. The molecule has 2 aliphatic rings. The molecule has 0 saturated carbocycles. The first-order chi connectivity index (χ1) is 17.3. The van der Waals surface area contributed by atoms with Crippen LogP contribution >= 0.6 is 23.2 Å². The van der Waals surface area contributed by atoms with Crippen LogP contribution in [0.5, 0.6) is 0 Å². The van der Waals surface area contributed by atoms with Gasteiger partial charge in [-0.05, 0) is 37.0 Å². The number of ether oxygens (including phenoxy) is 1. The number of nitrogens with zero attached hydrogens (tertiary/aromatic N) is 3. The second-order valence-corrected chi connectivity index (χ2v) is 9.97. The molecular weight excluding hydrogens is 503 g/mol. The average Bonchev–Trinajstić information content (AvgIpc) is 3.55. The largest absolute Gasteiger partial charge is 0.376 e. The number of H-pyrrole nitrogens is 1. The number of aromatic nitrogens is 3. The zero-order valence-corrected chi connectivity index (χ0v) is 21.3. The van der Waals surface area contributed by atoms with E-state index in [0.29, 0.717) is 23.0 Å². The van der Waals surface area contributed by atoms with Crippen LogP contribution in [0.1, 0.15) is 43.9 Å². The Hall–Kier alpha value is -3.20. The summed E-state index contributed by atoms with van der Waals surface area (Å²) in [5.74, 6) is -1.12. The van der Waals surface area contributed by atoms with Gasteiger partial charge < -0.3 is 4.74 Å². The van der Waals surface area contributed by atoms with E-state index in [0.717, 1.165) is 12.8 Å². The van der Waals surface area contributed by atoms with Gasteiger partial charge in [-0.25, -0.2) is 4.68 Å². The molecule has 2 aromatic heterocycles. The molecule has 0 radical (unpaired) electrons. The molecule has 3 aromatic rings. The molecule has 1 unspecified atom stereocenters. The molecule has 186 valence electrons. The molecule has 1 aromatic carbocycles. The topological polar surface area (TPSA) is 88.3 Å². The summed E-state index contributed by atoms with van der Waals surface area (Å²) in [5.41, 5.74) is 0.910. The molecule has 8 nitrogen and oxygen atoms in total. The van der Waals surface area contributed by atoms with Crippen LogP contribution in [0.25, 0.3) is 17.0 Å². The molecular formula is C26H25Cl2N4O4+. The van der Waals surface area contributed by atoms with Crippen molar-refractivity contribution in [2.45, 2.75) is 38.7 Å². The van der Waals surface area contributed by atoms with Crippen molar-refractivity contribution in [3.05, 3.63) is 80.4 Å². The molecule has 1 atom stereocenters. The monoisotopic (exact) mass is 527 g/mol. The van der Waals surface area contributed by atoms with Crippen molar-refractivity contribution in [2.75, 3.05) is 13.2 Å². The van der Waals surface area contributed by atoms with E-state index in [2.05, 4.69) is 5.10 Å². The average molecular weight is 528 g/mol. The molecule has 10 heteroatoms. The minimum Gasteiger partial charge on any atom is -0.376 e. The van der Waals surface area contributed by atoms with Crippen molar-refractivity contribution in [3.8, 4) is 5.69 Å². The molecule has 36 heavy (non-hydrogen) atoms. The first-order valence-corrected chi connectivity index (χ1v) is 12.5. The lowest BCUT2D eigenvalue weighted by atomic mass is 9.98. The maximum Gasteiger partial charge on any atom is 0.327 e. The molecule has 0 aliphatic carbocycles. The van der Waals surface area contributed by atoms with Gasteiger partial charge in [-0.15, -0.1) is 0 Å². The summed E-state index contributed by atoms with van der Waals surface area (Å²) in [6.07, 6.45) is 4.81. The fourth-order valence-corrected chi connectivity index (χ4v) is 4.95. The highest BCUT2D eigenvalue weighted by Crippen LogP contribution is 2.33. The van der Waals surface area contributed by atoms with E-state index in [9.17, 15) is 14.4 Å². The molecule has 0 spiro atoms. The minimum absolute atomic E-state index is 0.0676. The number of nitrogens with one attached hydrogen (secondary N) is 1. The zero-order chi connectivity index (χ0) is 25.6. The molecule has 1 fully saturated rings. The highest BCUT2D eigenvalue weighted by molar-refractivity contribution is 6.44. The fourth-order valence-electron chi connectivity index (χ4n) is 4.65. The summed E-state index contributed by atoms with van der Waals surface area (Å²) in [6, 6.07) is 10.2. The first kappa shape index (κ1) is 24.5. The predicted octanol–water partition coefficient (Wildman–Crippen LogP) is 3.80. The third kappa shape index (κ3) is 4.19. The Bertz CT molecular complexity index is 1440. The van der Waals surface area contributed by atoms with Gasteiger partial charge in [0, 0.05) is 24.4 Å². The second kappa shape index (κ2) is 9.69. The Morgan fingerprint density at radius 3 is 2.47 bits per heavy atom. The highest BCUT2D eigenvalue weighted by Gasteiger charge is 2.48. The van der Waals surface area contributed by atoms with Crippen molar-refractivity contribution in [1.82, 2.24) is 14.7 Å². The molecule has 4 heterocycles. The number of aromatic amines is 1. The number of carbonyl (C=O) groups is 2. The Labute approximate surface area is 217 Å². The first-order valence-electron chi connectivity index (χ1n) is 11.8. The molecule has 2 amide bonds. The van der Waals surface area contributed by atoms with Crippen molar-refractivity contribution < 1.29 is 18.9 Å². The van der Waals surface area contributed by atoms with E-state index in [-0.39, 0.29) is 40.4 Å². The van der Waals surface area contributed by atoms with Gasteiger partial charge in [0.1, 0.15) is 5.57 Å². The van der Waals surface area contributed by atoms with Gasteiger partial charge in [0.05, 0.1) is 33.9 Å². The van der Waals surface area contributed by atoms with Crippen LogP contribution in [0.4, 0.5) is 0 Å². The van der Waals surface area contributed by atoms with Gasteiger partial charge in [-0.3, -0.25) is 24.4 Å². The number of benzene rings is 1. The van der Waals surface area contributed by atoms with Crippen LogP contribution in [-0.4, -0.2) is 45.8 Å². The Kier molecular flexibility index (Phi) is 6.59. The number of halogens is 2. The third-order valence-electron chi connectivity index (χ3n) is 6.43. The highest BCUT2D eigenvalue weighted by atomic mass is 35.5.